The van der Waals surface area contributed by atoms with Crippen LogP contribution in [0.2, 0.25) is 0 Å². The third-order valence-corrected chi connectivity index (χ3v) is 2.20. The monoisotopic (exact) mass is 258 g/mol. The van der Waals surface area contributed by atoms with Crippen LogP contribution in [0.15, 0.2) is 58.6 Å². The SMILES string of the molecule is C=CN=C(C)/C(C=NC)=C(\C)N.Cc1ccncc1. The summed E-state index contributed by atoms with van der Waals surface area (Å²) in [4.78, 5) is 11.7. The van der Waals surface area contributed by atoms with Crippen LogP contribution < -0.4 is 5.73 Å². The van der Waals surface area contributed by atoms with Gasteiger partial charge in [-0.05, 0) is 38.5 Å². The third-order valence-electron chi connectivity index (χ3n) is 2.20. The fourth-order valence-electron chi connectivity index (χ4n) is 1.24. The van der Waals surface area contributed by atoms with Crippen LogP contribution in [0, 0.1) is 6.92 Å². The smallest absolute Gasteiger partial charge is 0.0477 e. The summed E-state index contributed by atoms with van der Waals surface area (Å²) in [7, 11) is 1.70. The molecule has 0 aliphatic carbocycles. The number of aryl methyl sites for hydroxylation is 1. The zero-order valence-electron chi connectivity index (χ0n) is 12.1. The van der Waals surface area contributed by atoms with Crippen molar-refractivity contribution in [3.8, 4) is 0 Å². The Bertz CT molecular complexity index is 466. The first-order valence-corrected chi connectivity index (χ1v) is 5.93. The lowest BCUT2D eigenvalue weighted by atomic mass is 10.1. The second-order valence-corrected chi connectivity index (χ2v) is 3.91. The van der Waals surface area contributed by atoms with Crippen LogP contribution in [0.25, 0.3) is 0 Å². The molecule has 0 radical (unpaired) electrons. The van der Waals surface area contributed by atoms with Crippen molar-refractivity contribution in [2.75, 3.05) is 7.05 Å². The van der Waals surface area contributed by atoms with Gasteiger partial charge in [0.25, 0.3) is 0 Å². The van der Waals surface area contributed by atoms with Crippen LogP contribution in [0.1, 0.15) is 19.4 Å². The minimum Gasteiger partial charge on any atom is -0.402 e. The van der Waals surface area contributed by atoms with Gasteiger partial charge in [-0.15, -0.1) is 0 Å². The summed E-state index contributed by atoms with van der Waals surface area (Å²) < 4.78 is 0. The number of hydrogen-bond acceptors (Lipinski definition) is 4. The molecule has 0 saturated heterocycles. The molecule has 19 heavy (non-hydrogen) atoms. The Kier molecular flexibility index (Phi) is 8.62. The molecule has 1 aromatic heterocycles. The molecular weight excluding hydrogens is 236 g/mol. The van der Waals surface area contributed by atoms with E-state index in [1.807, 2.05) is 32.9 Å². The van der Waals surface area contributed by atoms with Crippen LogP contribution in [-0.4, -0.2) is 24.0 Å². The van der Waals surface area contributed by atoms with Gasteiger partial charge in [0, 0.05) is 48.8 Å². The summed E-state index contributed by atoms with van der Waals surface area (Å²) in [5, 5.41) is 0. The van der Waals surface area contributed by atoms with Gasteiger partial charge >= 0.3 is 0 Å². The van der Waals surface area contributed by atoms with E-state index in [4.69, 9.17) is 5.73 Å². The molecule has 0 amide bonds. The van der Waals surface area contributed by atoms with Crippen molar-refractivity contribution >= 4 is 11.9 Å². The highest BCUT2D eigenvalue weighted by Crippen LogP contribution is 1.99. The molecule has 1 aromatic rings. The lowest BCUT2D eigenvalue weighted by Gasteiger charge is -2.01. The molecular formula is C15H22N4. The maximum Gasteiger partial charge on any atom is 0.0477 e. The normalized spacial score (nSPS) is 12.5. The van der Waals surface area contributed by atoms with Crippen LogP contribution in [0.3, 0.4) is 0 Å². The highest BCUT2D eigenvalue weighted by molar-refractivity contribution is 6.15. The highest BCUT2D eigenvalue weighted by Gasteiger charge is 1.99. The molecule has 0 aromatic carbocycles. The van der Waals surface area contributed by atoms with Crippen LogP contribution in [0.5, 0.6) is 0 Å². The number of nitrogens with zero attached hydrogens (tertiary/aromatic N) is 3. The van der Waals surface area contributed by atoms with E-state index < -0.39 is 0 Å². The zero-order valence-corrected chi connectivity index (χ0v) is 12.1. The Morgan fingerprint density at radius 2 is 1.89 bits per heavy atom. The van der Waals surface area contributed by atoms with E-state index in [2.05, 4.69) is 21.5 Å². The molecule has 4 nitrogen and oxygen atoms in total. The van der Waals surface area contributed by atoms with E-state index in [0.717, 1.165) is 11.3 Å². The van der Waals surface area contributed by atoms with Gasteiger partial charge in [0.1, 0.15) is 0 Å². The maximum atomic E-state index is 5.63. The molecule has 4 heteroatoms. The average molecular weight is 258 g/mol. The second-order valence-electron chi connectivity index (χ2n) is 3.91. The predicted octanol–water partition coefficient (Wildman–Crippen LogP) is 2.91. The van der Waals surface area contributed by atoms with Crippen LogP contribution in [0.4, 0.5) is 0 Å². The van der Waals surface area contributed by atoms with Crippen molar-refractivity contribution in [3.63, 3.8) is 0 Å². The topological polar surface area (TPSA) is 63.6 Å². The first kappa shape index (κ1) is 16.8. The fourth-order valence-corrected chi connectivity index (χ4v) is 1.24. The second kappa shape index (κ2) is 9.76. The van der Waals surface area contributed by atoms with E-state index in [1.165, 1.54) is 11.8 Å². The van der Waals surface area contributed by atoms with E-state index >= 15 is 0 Å². The molecule has 1 rings (SSSR count). The molecule has 0 fully saturated rings. The summed E-state index contributed by atoms with van der Waals surface area (Å²) in [6.45, 7) is 9.24. The minimum absolute atomic E-state index is 0.712. The summed E-state index contributed by atoms with van der Waals surface area (Å²) >= 11 is 0. The molecule has 0 aliphatic heterocycles. The van der Waals surface area contributed by atoms with Crippen molar-refractivity contribution in [2.45, 2.75) is 20.8 Å². The number of rotatable bonds is 3. The number of allylic oxidation sites excluding steroid dienone is 2. The van der Waals surface area contributed by atoms with Gasteiger partial charge in [0.15, 0.2) is 0 Å². The highest BCUT2D eigenvalue weighted by atomic mass is 14.7. The van der Waals surface area contributed by atoms with Gasteiger partial charge in [-0.1, -0.05) is 6.58 Å². The van der Waals surface area contributed by atoms with Gasteiger partial charge in [-0.3, -0.25) is 15.0 Å². The molecule has 0 bridgehead atoms. The molecule has 0 saturated carbocycles. The number of hydrogen-bond donors (Lipinski definition) is 1. The molecule has 1 heterocycles. The quantitative estimate of drug-likeness (QED) is 0.847. The number of pyridine rings is 1. The Balaban J connectivity index is 0.000000388. The third kappa shape index (κ3) is 7.65. The van der Waals surface area contributed by atoms with E-state index in [1.54, 1.807) is 25.7 Å². The molecule has 0 atom stereocenters. The standard InChI is InChI=1S/C9H15N3.C6H7N/c1-5-12-8(3)9(6-11-4)7(2)10;1-6-2-4-7-5-3-6/h5-6H,1,10H2,2-4H3;2-5H,1H3/b9-7+,11-6?,12-8?;. The summed E-state index contributed by atoms with van der Waals surface area (Å²) in [6, 6.07) is 3.94. The fraction of sp³-hybridized carbons (Fsp3) is 0.267. The maximum absolute atomic E-state index is 5.63. The zero-order chi connectivity index (χ0) is 14.7. The molecule has 2 N–H and O–H groups in total. The van der Waals surface area contributed by atoms with Crippen molar-refractivity contribution in [1.82, 2.24) is 4.98 Å². The Morgan fingerprint density at radius 3 is 2.21 bits per heavy atom. The number of nitrogens with two attached hydrogens (primary N) is 1. The van der Waals surface area contributed by atoms with Gasteiger partial charge < -0.3 is 5.73 Å². The van der Waals surface area contributed by atoms with Crippen LogP contribution in [-0.2, 0) is 0 Å². The lowest BCUT2D eigenvalue weighted by molar-refractivity contribution is 1.29. The Labute approximate surface area is 115 Å². The first-order valence-electron chi connectivity index (χ1n) is 5.93. The largest absolute Gasteiger partial charge is 0.402 e. The van der Waals surface area contributed by atoms with Gasteiger partial charge in [-0.25, -0.2) is 0 Å². The number of aliphatic imine (C=N–C) groups is 2. The molecule has 0 unspecified atom stereocenters. The Hall–Kier alpha value is -2.23. The molecule has 102 valence electrons. The van der Waals surface area contributed by atoms with Gasteiger partial charge in [0.05, 0.1) is 0 Å². The van der Waals surface area contributed by atoms with E-state index in [9.17, 15) is 0 Å². The van der Waals surface area contributed by atoms with Crippen molar-refractivity contribution in [3.05, 3.63) is 54.1 Å². The first-order chi connectivity index (χ1) is 9.02. The van der Waals surface area contributed by atoms with Gasteiger partial charge in [0.2, 0.25) is 0 Å². The van der Waals surface area contributed by atoms with E-state index in [-0.39, 0.29) is 0 Å². The van der Waals surface area contributed by atoms with E-state index in [0.29, 0.717) is 5.70 Å². The minimum atomic E-state index is 0.712. The summed E-state index contributed by atoms with van der Waals surface area (Å²) in [6.07, 6.45) is 6.75. The Morgan fingerprint density at radius 1 is 1.32 bits per heavy atom. The molecule has 0 aliphatic rings. The summed E-state index contributed by atoms with van der Waals surface area (Å²) in [5.41, 5.74) is 9.29. The van der Waals surface area contributed by atoms with Crippen molar-refractivity contribution in [1.29, 1.82) is 0 Å². The average Bonchev–Trinajstić information content (AvgIpc) is 2.37. The summed E-state index contributed by atoms with van der Waals surface area (Å²) in [5.74, 6) is 0. The molecule has 0 spiro atoms. The van der Waals surface area contributed by atoms with Crippen molar-refractivity contribution in [2.24, 2.45) is 15.7 Å². The van der Waals surface area contributed by atoms with Gasteiger partial charge in [-0.2, -0.15) is 0 Å². The van der Waals surface area contributed by atoms with Crippen molar-refractivity contribution < 1.29 is 0 Å². The van der Waals surface area contributed by atoms with Crippen LogP contribution >= 0.6 is 0 Å². The lowest BCUT2D eigenvalue weighted by Crippen LogP contribution is -2.07. The predicted molar refractivity (Wildman–Crippen MR) is 83.6 cm³/mol. The number of aromatic nitrogens is 1.